The van der Waals surface area contributed by atoms with Crippen molar-refractivity contribution in [2.24, 2.45) is 5.92 Å². The molecular formula is C12H15F2O5S-. The highest BCUT2D eigenvalue weighted by atomic mass is 32.2. The van der Waals surface area contributed by atoms with Gasteiger partial charge in [-0.1, -0.05) is 18.2 Å². The predicted molar refractivity (Wildman–Crippen MR) is 65.9 cm³/mol. The molecule has 0 fully saturated rings. The highest BCUT2D eigenvalue weighted by molar-refractivity contribution is 7.96. The molecule has 0 heterocycles. The molecule has 1 rings (SSSR count). The second-order valence-electron chi connectivity index (χ2n) is 4.49. The fourth-order valence-corrected chi connectivity index (χ4v) is 2.04. The molecule has 0 aromatic carbocycles. The molecule has 0 radical (unpaired) electrons. The minimum Gasteiger partial charge on any atom is -0.691 e. The van der Waals surface area contributed by atoms with E-state index in [2.05, 4.69) is 20.7 Å². The van der Waals surface area contributed by atoms with Crippen LogP contribution < -0.4 is 5.26 Å². The largest absolute Gasteiger partial charge is 0.691 e. The third kappa shape index (κ3) is 5.20. The minimum atomic E-state index is -3.99. The van der Waals surface area contributed by atoms with E-state index < -0.39 is 23.3 Å². The molecule has 0 N–H and O–H groups in total. The number of alkyl halides is 2. The molecule has 5 nitrogen and oxygen atoms in total. The summed E-state index contributed by atoms with van der Waals surface area (Å²) in [6, 6.07) is 0. The van der Waals surface area contributed by atoms with Gasteiger partial charge in [0.05, 0.1) is 0 Å². The number of hydrogen-bond donors (Lipinski definition) is 0. The lowest BCUT2D eigenvalue weighted by molar-refractivity contribution is -0.777. The molecule has 0 saturated carbocycles. The molecular weight excluding hydrogens is 294 g/mol. The van der Waals surface area contributed by atoms with E-state index in [9.17, 15) is 18.8 Å². The first-order chi connectivity index (χ1) is 9.36. The summed E-state index contributed by atoms with van der Waals surface area (Å²) in [6.45, 7) is 5.62. The Hall–Kier alpha value is -0.960. The number of esters is 1. The molecule has 1 aliphatic rings. The van der Waals surface area contributed by atoms with E-state index in [1.165, 1.54) is 0 Å². The molecule has 0 aromatic heterocycles. The first kappa shape index (κ1) is 17.1. The summed E-state index contributed by atoms with van der Waals surface area (Å²) in [5, 5.41) is 8.22. The van der Waals surface area contributed by atoms with Crippen molar-refractivity contribution in [1.29, 1.82) is 0 Å². The SMILES string of the molecule is C=C(C)C1CC=C(COC(=O)C(F)(F)SOO[O-])CC1. The van der Waals surface area contributed by atoms with E-state index in [1.807, 2.05) is 13.0 Å². The Bertz CT molecular complexity index is 397. The van der Waals surface area contributed by atoms with Crippen LogP contribution in [0.25, 0.3) is 0 Å². The van der Waals surface area contributed by atoms with Crippen molar-refractivity contribution in [1.82, 2.24) is 0 Å². The lowest BCUT2D eigenvalue weighted by Crippen LogP contribution is -2.28. The molecule has 1 atom stereocenters. The minimum absolute atomic E-state index is 0.198. The first-order valence-corrected chi connectivity index (χ1v) is 6.63. The van der Waals surface area contributed by atoms with Gasteiger partial charge in [-0.25, -0.2) is 4.79 Å². The van der Waals surface area contributed by atoms with E-state index in [0.717, 1.165) is 24.0 Å². The average molecular weight is 309 g/mol. The normalized spacial score (nSPS) is 19.4. The van der Waals surface area contributed by atoms with Crippen LogP contribution in [0, 0.1) is 5.92 Å². The molecule has 20 heavy (non-hydrogen) atoms. The number of allylic oxidation sites excluding steroid dienone is 2. The summed E-state index contributed by atoms with van der Waals surface area (Å²) in [6.07, 6.45) is 4.17. The van der Waals surface area contributed by atoms with Crippen LogP contribution in [0.15, 0.2) is 23.8 Å². The lowest BCUT2D eigenvalue weighted by Gasteiger charge is -2.22. The molecule has 0 spiro atoms. The second-order valence-corrected chi connectivity index (χ2v) is 5.31. The van der Waals surface area contributed by atoms with Gasteiger partial charge in [0.25, 0.3) is 0 Å². The van der Waals surface area contributed by atoms with Gasteiger partial charge in [0.2, 0.25) is 0 Å². The highest BCUT2D eigenvalue weighted by Gasteiger charge is 2.43. The number of hydrogen-bond acceptors (Lipinski definition) is 6. The molecule has 8 heteroatoms. The van der Waals surface area contributed by atoms with E-state index >= 15 is 0 Å². The van der Waals surface area contributed by atoms with Crippen molar-refractivity contribution >= 4 is 18.0 Å². The van der Waals surface area contributed by atoms with Crippen molar-refractivity contribution in [2.75, 3.05) is 6.61 Å². The van der Waals surface area contributed by atoms with Crippen molar-refractivity contribution in [3.05, 3.63) is 23.8 Å². The van der Waals surface area contributed by atoms with Crippen LogP contribution in [0.5, 0.6) is 0 Å². The second kappa shape index (κ2) is 7.72. The van der Waals surface area contributed by atoms with Gasteiger partial charge in [-0.2, -0.15) is 13.1 Å². The van der Waals surface area contributed by atoms with Gasteiger partial charge in [0.1, 0.15) is 18.6 Å². The maximum absolute atomic E-state index is 13.0. The van der Waals surface area contributed by atoms with Crippen molar-refractivity contribution in [3.8, 4) is 0 Å². The summed E-state index contributed by atoms with van der Waals surface area (Å²) in [4.78, 5) is 11.1. The van der Waals surface area contributed by atoms with Crippen LogP contribution in [0.3, 0.4) is 0 Å². The molecule has 0 bridgehead atoms. The number of rotatable bonds is 7. The van der Waals surface area contributed by atoms with Crippen molar-refractivity contribution in [2.45, 2.75) is 31.4 Å². The van der Waals surface area contributed by atoms with Gasteiger partial charge in [0.15, 0.2) is 0 Å². The van der Waals surface area contributed by atoms with Crippen LogP contribution >= 0.6 is 12.0 Å². The highest BCUT2D eigenvalue weighted by Crippen LogP contribution is 2.32. The summed E-state index contributed by atoms with van der Waals surface area (Å²) in [5.74, 6) is -1.39. The molecule has 0 aromatic rings. The molecule has 0 saturated heterocycles. The van der Waals surface area contributed by atoms with Gasteiger partial charge in [-0.3, -0.25) is 5.04 Å². The van der Waals surface area contributed by atoms with Crippen LogP contribution in [0.1, 0.15) is 26.2 Å². The maximum atomic E-state index is 13.0. The number of halogens is 2. The summed E-state index contributed by atoms with van der Waals surface area (Å²) < 4.78 is 34.0. The first-order valence-electron chi connectivity index (χ1n) is 5.89. The Kier molecular flexibility index (Phi) is 6.60. The average Bonchev–Trinajstić information content (AvgIpc) is 2.42. The molecule has 0 aliphatic heterocycles. The molecule has 0 amide bonds. The van der Waals surface area contributed by atoms with Crippen LogP contribution in [0.2, 0.25) is 0 Å². The smallest absolute Gasteiger partial charge is 0.415 e. The van der Waals surface area contributed by atoms with Crippen LogP contribution in [0.4, 0.5) is 8.78 Å². The zero-order valence-corrected chi connectivity index (χ0v) is 11.7. The standard InChI is InChI=1S/C12H16F2O5S/c1-8(2)10-5-3-9(4-6-10)7-17-11(15)12(13,14)20-19-18-16/h3,10,16H,1,4-7H2,2H3/p-1. The molecule has 1 aliphatic carbocycles. The van der Waals surface area contributed by atoms with Crippen LogP contribution in [-0.4, -0.2) is 17.8 Å². The van der Waals surface area contributed by atoms with E-state index in [4.69, 9.17) is 0 Å². The Morgan fingerprint density at radius 2 is 2.35 bits per heavy atom. The zero-order chi connectivity index (χ0) is 15.2. The third-order valence-electron chi connectivity index (χ3n) is 2.99. The number of ether oxygens (including phenoxy) is 1. The predicted octanol–water partition coefficient (Wildman–Crippen LogP) is 2.30. The third-order valence-corrected chi connectivity index (χ3v) is 3.49. The van der Waals surface area contributed by atoms with Crippen LogP contribution in [-0.2, 0) is 18.9 Å². The maximum Gasteiger partial charge on any atom is 0.415 e. The fourth-order valence-electron chi connectivity index (χ4n) is 1.80. The summed E-state index contributed by atoms with van der Waals surface area (Å²) in [5.41, 5.74) is 1.87. The molecule has 114 valence electrons. The van der Waals surface area contributed by atoms with E-state index in [1.54, 1.807) is 0 Å². The quantitative estimate of drug-likeness (QED) is 0.236. The zero-order valence-electron chi connectivity index (χ0n) is 10.9. The van der Waals surface area contributed by atoms with Gasteiger partial charge in [-0.15, -0.1) is 0 Å². The molecule has 1 unspecified atom stereocenters. The van der Waals surface area contributed by atoms with Gasteiger partial charge in [0, 0.05) is 0 Å². The summed E-state index contributed by atoms with van der Waals surface area (Å²) >= 11 is -0.696. The Morgan fingerprint density at radius 1 is 1.65 bits per heavy atom. The van der Waals surface area contributed by atoms with Gasteiger partial charge in [-0.05, 0) is 37.7 Å². The van der Waals surface area contributed by atoms with Crippen molar-refractivity contribution in [3.63, 3.8) is 0 Å². The van der Waals surface area contributed by atoms with Crippen molar-refractivity contribution < 1.29 is 32.9 Å². The fraction of sp³-hybridized carbons (Fsp3) is 0.583. The topological polar surface area (TPSA) is 67.8 Å². The Balaban J connectivity index is 2.40. The van der Waals surface area contributed by atoms with Gasteiger partial charge < -0.3 is 9.99 Å². The Labute approximate surface area is 119 Å². The summed E-state index contributed by atoms with van der Waals surface area (Å²) in [7, 11) is 0. The van der Waals surface area contributed by atoms with E-state index in [0.29, 0.717) is 12.3 Å². The monoisotopic (exact) mass is 309 g/mol. The lowest BCUT2D eigenvalue weighted by atomic mass is 9.86. The van der Waals surface area contributed by atoms with Gasteiger partial charge >= 0.3 is 11.2 Å². The Morgan fingerprint density at radius 3 is 2.85 bits per heavy atom. The number of carbonyl (C=O) groups is 1. The van der Waals surface area contributed by atoms with E-state index in [-0.39, 0.29) is 6.61 Å². The number of carbonyl (C=O) groups excluding carboxylic acids is 1.